The second-order valence-corrected chi connectivity index (χ2v) is 9.39. The number of anilines is 3. The van der Waals surface area contributed by atoms with E-state index in [1.807, 2.05) is 53.4 Å². The Morgan fingerprint density at radius 2 is 1.91 bits per heavy atom. The zero-order chi connectivity index (χ0) is 22.9. The minimum atomic E-state index is -0.171. The first-order chi connectivity index (χ1) is 16.0. The number of phenolic OH excluding ortho intramolecular Hbond substituents is 1. The van der Waals surface area contributed by atoms with Gasteiger partial charge in [-0.15, -0.1) is 0 Å². The molecule has 1 saturated heterocycles. The summed E-state index contributed by atoms with van der Waals surface area (Å²) in [5, 5.41) is 17.6. The normalized spacial score (nSPS) is 19.7. The van der Waals surface area contributed by atoms with Crippen LogP contribution in [0.5, 0.6) is 11.5 Å². The summed E-state index contributed by atoms with van der Waals surface area (Å²) in [7, 11) is 1.65. The van der Waals surface area contributed by atoms with Crippen LogP contribution in [0.25, 0.3) is 0 Å². The zero-order valence-electron chi connectivity index (χ0n) is 18.3. The zero-order valence-corrected chi connectivity index (χ0v) is 19.9. The van der Waals surface area contributed by atoms with E-state index in [-0.39, 0.29) is 23.7 Å². The van der Waals surface area contributed by atoms with Crippen molar-refractivity contribution in [1.82, 2.24) is 4.90 Å². The van der Waals surface area contributed by atoms with E-state index in [1.165, 1.54) is 0 Å². The van der Waals surface area contributed by atoms with Gasteiger partial charge in [-0.05, 0) is 49.2 Å². The molecule has 0 aliphatic carbocycles. The smallest absolute Gasteiger partial charge is 0.223 e. The maximum Gasteiger partial charge on any atom is 0.223 e. The molecule has 1 amide bonds. The van der Waals surface area contributed by atoms with Gasteiger partial charge in [0, 0.05) is 46.0 Å². The van der Waals surface area contributed by atoms with Gasteiger partial charge in [0.2, 0.25) is 5.91 Å². The molecule has 7 heteroatoms. The molecule has 3 N–H and O–H groups in total. The van der Waals surface area contributed by atoms with Crippen LogP contribution in [0.2, 0.25) is 0 Å². The number of methoxy groups -OCH3 is 1. The molecular weight excluding hydrogens is 482 g/mol. The topological polar surface area (TPSA) is 73.8 Å². The molecule has 0 aromatic heterocycles. The Hall–Kier alpha value is -3.19. The van der Waals surface area contributed by atoms with Crippen molar-refractivity contribution in [3.8, 4) is 11.5 Å². The lowest BCUT2D eigenvalue weighted by Crippen LogP contribution is -2.35. The molecule has 5 rings (SSSR count). The van der Waals surface area contributed by atoms with Gasteiger partial charge in [0.1, 0.15) is 11.5 Å². The minimum absolute atomic E-state index is 0.119. The quantitative estimate of drug-likeness (QED) is 0.387. The largest absolute Gasteiger partial charge is 0.508 e. The molecule has 2 aliphatic rings. The van der Waals surface area contributed by atoms with Gasteiger partial charge in [-0.2, -0.15) is 0 Å². The number of para-hydroxylation sites is 1. The van der Waals surface area contributed by atoms with Crippen LogP contribution in [0.4, 0.5) is 17.1 Å². The fourth-order valence-corrected chi connectivity index (χ4v) is 5.24. The first-order valence-electron chi connectivity index (χ1n) is 11.1. The predicted octanol–water partition coefficient (Wildman–Crippen LogP) is 6.13. The molecule has 33 heavy (non-hydrogen) atoms. The summed E-state index contributed by atoms with van der Waals surface area (Å²) in [5.74, 6) is 1.10. The van der Waals surface area contributed by atoms with E-state index in [4.69, 9.17) is 4.74 Å². The third-order valence-corrected chi connectivity index (χ3v) is 6.90. The van der Waals surface area contributed by atoms with E-state index in [0.29, 0.717) is 18.6 Å². The molecule has 2 heterocycles. The number of nitrogens with zero attached hydrogens (tertiary/aromatic N) is 1. The van der Waals surface area contributed by atoms with Gasteiger partial charge < -0.3 is 25.4 Å². The van der Waals surface area contributed by atoms with Gasteiger partial charge in [-0.25, -0.2) is 0 Å². The average Bonchev–Trinajstić information content (AvgIpc) is 3.25. The lowest BCUT2D eigenvalue weighted by molar-refractivity contribution is -0.130. The fraction of sp³-hybridized carbons (Fsp3) is 0.269. The van der Waals surface area contributed by atoms with Crippen LogP contribution in [-0.2, 0) is 4.79 Å². The van der Waals surface area contributed by atoms with Crippen LogP contribution in [0, 0.1) is 0 Å². The highest BCUT2D eigenvalue weighted by molar-refractivity contribution is 9.10. The fourth-order valence-electron chi connectivity index (χ4n) is 4.86. The van der Waals surface area contributed by atoms with Gasteiger partial charge in [0.15, 0.2) is 0 Å². The molecule has 0 radical (unpaired) electrons. The number of likely N-dealkylation sites (tertiary alicyclic amines) is 1. The molecule has 0 saturated carbocycles. The lowest BCUT2D eigenvalue weighted by Gasteiger charge is -2.39. The first-order valence-corrected chi connectivity index (χ1v) is 11.9. The SMILES string of the molecule is COc1cc(Nc2ccccc2)cc2c1NC(c1cc(Br)ccc1O)CC2N1CCCC1=O. The number of halogens is 1. The van der Waals surface area contributed by atoms with Crippen molar-refractivity contribution in [3.05, 3.63) is 76.3 Å². The number of carbonyl (C=O) groups excluding carboxylic acids is 1. The van der Waals surface area contributed by atoms with Crippen LogP contribution < -0.4 is 15.4 Å². The molecule has 6 nitrogen and oxygen atoms in total. The third kappa shape index (κ3) is 4.25. The van der Waals surface area contributed by atoms with Gasteiger partial charge in [0.25, 0.3) is 0 Å². The first kappa shape index (κ1) is 21.6. The molecular formula is C26H26BrN3O3. The molecule has 1 fully saturated rings. The van der Waals surface area contributed by atoms with Crippen LogP contribution in [0.15, 0.2) is 65.1 Å². The highest BCUT2D eigenvalue weighted by Gasteiger charge is 2.38. The van der Waals surface area contributed by atoms with Crippen LogP contribution in [-0.4, -0.2) is 29.6 Å². The Labute approximate surface area is 201 Å². The summed E-state index contributed by atoms with van der Waals surface area (Å²) in [6.07, 6.45) is 2.09. The summed E-state index contributed by atoms with van der Waals surface area (Å²) in [5.41, 5.74) is 4.55. The number of carbonyl (C=O) groups is 1. The second kappa shape index (κ2) is 8.98. The van der Waals surface area contributed by atoms with E-state index in [1.54, 1.807) is 13.2 Å². The van der Waals surface area contributed by atoms with Crippen molar-refractivity contribution in [3.63, 3.8) is 0 Å². The Kier molecular flexibility index (Phi) is 5.89. The molecule has 0 spiro atoms. The van der Waals surface area contributed by atoms with Gasteiger partial charge in [0.05, 0.1) is 24.9 Å². The lowest BCUT2D eigenvalue weighted by atomic mass is 9.87. The molecule has 0 bridgehead atoms. The monoisotopic (exact) mass is 507 g/mol. The number of ether oxygens (including phenoxy) is 1. The van der Waals surface area contributed by atoms with Crippen molar-refractivity contribution in [2.45, 2.75) is 31.3 Å². The van der Waals surface area contributed by atoms with Crippen molar-refractivity contribution in [2.75, 3.05) is 24.3 Å². The van der Waals surface area contributed by atoms with Crippen molar-refractivity contribution in [2.24, 2.45) is 0 Å². The molecule has 2 aliphatic heterocycles. The van der Waals surface area contributed by atoms with E-state index in [0.717, 1.165) is 45.6 Å². The molecule has 3 aromatic rings. The predicted molar refractivity (Wildman–Crippen MR) is 133 cm³/mol. The summed E-state index contributed by atoms with van der Waals surface area (Å²) in [6, 6.07) is 19.2. The minimum Gasteiger partial charge on any atom is -0.508 e. The van der Waals surface area contributed by atoms with E-state index >= 15 is 0 Å². The number of phenols is 1. The molecule has 170 valence electrons. The Bertz CT molecular complexity index is 1180. The van der Waals surface area contributed by atoms with Gasteiger partial charge in [-0.3, -0.25) is 4.79 Å². The van der Waals surface area contributed by atoms with Gasteiger partial charge >= 0.3 is 0 Å². The number of amides is 1. The van der Waals surface area contributed by atoms with E-state index in [2.05, 4.69) is 32.6 Å². The van der Waals surface area contributed by atoms with Crippen molar-refractivity contribution < 1.29 is 14.6 Å². The van der Waals surface area contributed by atoms with Crippen molar-refractivity contribution in [1.29, 1.82) is 0 Å². The number of fused-ring (bicyclic) bond motifs is 1. The van der Waals surface area contributed by atoms with Gasteiger partial charge in [-0.1, -0.05) is 34.1 Å². The van der Waals surface area contributed by atoms with E-state index in [9.17, 15) is 9.90 Å². The Morgan fingerprint density at radius 1 is 1.09 bits per heavy atom. The van der Waals surface area contributed by atoms with Crippen LogP contribution >= 0.6 is 15.9 Å². The molecule has 2 unspecified atom stereocenters. The summed E-state index contributed by atoms with van der Waals surface area (Å²) in [6.45, 7) is 0.735. The van der Waals surface area contributed by atoms with Crippen LogP contribution in [0.1, 0.15) is 42.5 Å². The Balaban J connectivity index is 1.60. The number of hydrogen-bond donors (Lipinski definition) is 3. The summed E-state index contributed by atoms with van der Waals surface area (Å²) in [4.78, 5) is 14.8. The average molecular weight is 508 g/mol. The maximum atomic E-state index is 12.8. The number of benzene rings is 3. The van der Waals surface area contributed by atoms with Crippen molar-refractivity contribution >= 4 is 38.9 Å². The number of rotatable bonds is 5. The summed E-state index contributed by atoms with van der Waals surface area (Å²) >= 11 is 3.52. The molecule has 2 atom stereocenters. The standard InChI is InChI=1S/C26H26BrN3O3/c1-33-24-14-18(28-17-6-3-2-4-7-17)13-20-22(30-11-5-8-25(30)32)15-21(29-26(20)24)19-12-16(27)9-10-23(19)31/h2-4,6-7,9-10,12-14,21-22,28-29,31H,5,8,11,15H2,1H3. The third-order valence-electron chi connectivity index (χ3n) is 6.40. The van der Waals surface area contributed by atoms with Crippen LogP contribution in [0.3, 0.4) is 0 Å². The maximum absolute atomic E-state index is 12.8. The number of aromatic hydroxyl groups is 1. The summed E-state index contributed by atoms with van der Waals surface area (Å²) < 4.78 is 6.68. The highest BCUT2D eigenvalue weighted by atomic mass is 79.9. The molecule has 3 aromatic carbocycles. The Morgan fingerprint density at radius 3 is 2.64 bits per heavy atom. The highest BCUT2D eigenvalue weighted by Crippen LogP contribution is 2.49. The number of nitrogens with one attached hydrogen (secondary N) is 2. The number of hydrogen-bond acceptors (Lipinski definition) is 5. The second-order valence-electron chi connectivity index (χ2n) is 8.48. The van der Waals surface area contributed by atoms with E-state index < -0.39 is 0 Å².